The Morgan fingerprint density at radius 1 is 0.833 bits per heavy atom. The molecule has 2 N–H and O–H groups in total. The second-order valence-electron chi connectivity index (χ2n) is 5.69. The van der Waals surface area contributed by atoms with Gasteiger partial charge in [-0.15, -0.1) is 0 Å². The van der Waals surface area contributed by atoms with E-state index in [1.165, 1.54) is 13.8 Å². The summed E-state index contributed by atoms with van der Waals surface area (Å²) in [5, 5.41) is 16.0. The van der Waals surface area contributed by atoms with Crippen LogP contribution in [0, 0.1) is 11.8 Å². The van der Waals surface area contributed by atoms with Crippen LogP contribution in [0.2, 0.25) is 0 Å². The van der Waals surface area contributed by atoms with Crippen LogP contribution >= 0.6 is 0 Å². The minimum absolute atomic E-state index is 0.262. The number of ketones is 3. The van der Waals surface area contributed by atoms with Gasteiger partial charge in [0.1, 0.15) is 12.8 Å². The molecule has 0 spiro atoms. The number of halogens is 7. The first kappa shape index (κ1) is 39.7. The van der Waals surface area contributed by atoms with Crippen LogP contribution in [0.4, 0.5) is 30.7 Å². The number of carboxylic acid groups (broad SMARTS) is 1. The molecule has 0 saturated carbocycles. The largest absolute Gasteiger partial charge is 0.476 e. The zero-order valence-electron chi connectivity index (χ0n) is 19.4. The third-order valence-corrected chi connectivity index (χ3v) is 2.35. The normalized spacial score (nSPS) is 10.7. The van der Waals surface area contributed by atoms with Crippen molar-refractivity contribution in [1.29, 1.82) is 0 Å². The van der Waals surface area contributed by atoms with Gasteiger partial charge in [0.25, 0.3) is 6.10 Å². The molecule has 36 heavy (non-hydrogen) atoms. The van der Waals surface area contributed by atoms with Gasteiger partial charge in [-0.05, 0) is 13.8 Å². The molecule has 0 aromatic rings. The fraction of sp³-hybridized carbons (Fsp3) is 0.579. The van der Waals surface area contributed by atoms with Crippen molar-refractivity contribution in [3.8, 4) is 11.8 Å². The van der Waals surface area contributed by atoms with E-state index in [4.69, 9.17) is 10.2 Å². The first-order chi connectivity index (χ1) is 16.1. The molecular formula is C19H23F7O10. The Labute approximate surface area is 199 Å². The number of esters is 2. The molecule has 1 atom stereocenters. The van der Waals surface area contributed by atoms with Crippen LogP contribution in [-0.2, 0) is 38.2 Å². The molecule has 0 aliphatic carbocycles. The van der Waals surface area contributed by atoms with Crippen LogP contribution in [0.15, 0.2) is 0 Å². The summed E-state index contributed by atoms with van der Waals surface area (Å²) in [5.74, 6) is -2.94. The molecule has 1 unspecified atom stereocenters. The Bertz CT molecular complexity index is 780. The Balaban J connectivity index is -0.000000206. The molecule has 0 saturated heterocycles. The lowest BCUT2D eigenvalue weighted by molar-refractivity contribution is -0.312. The fourth-order valence-electron chi connectivity index (χ4n) is 0.928. The molecule has 0 rings (SSSR count). The van der Waals surface area contributed by atoms with Crippen LogP contribution < -0.4 is 0 Å². The van der Waals surface area contributed by atoms with Crippen LogP contribution in [0.25, 0.3) is 0 Å². The number of carboxylic acids is 1. The number of Topliss-reactive ketones (excluding diaryl/α,β-unsaturated/α-hetero) is 3. The van der Waals surface area contributed by atoms with E-state index in [0.717, 1.165) is 6.92 Å². The number of aliphatic hydroxyl groups is 1. The third-order valence-electron chi connectivity index (χ3n) is 2.35. The van der Waals surface area contributed by atoms with Gasteiger partial charge in [-0.3, -0.25) is 14.4 Å². The molecule has 0 heterocycles. The van der Waals surface area contributed by atoms with E-state index in [-0.39, 0.29) is 6.61 Å². The van der Waals surface area contributed by atoms with Crippen LogP contribution in [0.5, 0.6) is 0 Å². The predicted molar refractivity (Wildman–Crippen MR) is 104 cm³/mol. The van der Waals surface area contributed by atoms with E-state index in [1.807, 2.05) is 0 Å². The van der Waals surface area contributed by atoms with Gasteiger partial charge in [0.05, 0.1) is 6.61 Å². The van der Waals surface area contributed by atoms with Gasteiger partial charge in [-0.25, -0.2) is 18.8 Å². The maximum absolute atomic E-state index is 11.7. The average Bonchev–Trinajstić information content (AvgIpc) is 2.69. The molecule has 0 aliphatic heterocycles. The van der Waals surface area contributed by atoms with E-state index in [9.17, 15) is 59.5 Å². The summed E-state index contributed by atoms with van der Waals surface area (Å²) >= 11 is 0. The van der Waals surface area contributed by atoms with Crippen LogP contribution in [-0.4, -0.2) is 83.3 Å². The van der Waals surface area contributed by atoms with Gasteiger partial charge in [-0.2, -0.15) is 26.3 Å². The summed E-state index contributed by atoms with van der Waals surface area (Å²) < 4.78 is 88.8. The van der Waals surface area contributed by atoms with Crippen LogP contribution in [0.1, 0.15) is 34.6 Å². The second kappa shape index (κ2) is 19.7. The molecule has 0 aromatic carbocycles. The number of hydrogen-bond acceptors (Lipinski definition) is 9. The van der Waals surface area contributed by atoms with Gasteiger partial charge < -0.3 is 19.7 Å². The summed E-state index contributed by atoms with van der Waals surface area (Å²) in [6, 6.07) is 0. The first-order valence-electron chi connectivity index (χ1n) is 9.04. The number of alkyl halides is 7. The monoisotopic (exact) mass is 544 g/mol. The number of carbonyl (C=O) groups excluding carboxylic acids is 5. The number of ether oxygens (including phenoxy) is 2. The summed E-state index contributed by atoms with van der Waals surface area (Å²) in [6.45, 7) is 5.40. The molecular weight excluding hydrogens is 521 g/mol. The van der Waals surface area contributed by atoms with Gasteiger partial charge in [0.15, 0.2) is 0 Å². The van der Waals surface area contributed by atoms with E-state index >= 15 is 0 Å². The predicted octanol–water partition coefficient (Wildman–Crippen LogP) is 1.75. The van der Waals surface area contributed by atoms with Crippen molar-refractivity contribution in [2.45, 2.75) is 59.2 Å². The molecule has 0 aromatic heterocycles. The van der Waals surface area contributed by atoms with Crippen molar-refractivity contribution in [1.82, 2.24) is 0 Å². The standard InChI is InChI=1S/C6H4F6O3.C5H7FO.C5H8O3.C3H4O3/c1-2(13)3(14)15-4(5(7,8)9)6(10,11)12;1-5(7)3-2-4-6;1-3-8-5(7)4(2)6;1-2(4)3(5)6/h4H,1H3;5,7H,4H2,1H3;3H2,1-2H3;1H3,(H,5,6). The highest BCUT2D eigenvalue weighted by molar-refractivity contribution is 6.33. The third kappa shape index (κ3) is 26.7. The minimum Gasteiger partial charge on any atom is -0.476 e. The van der Waals surface area contributed by atoms with Crippen molar-refractivity contribution < 1.29 is 79.2 Å². The molecule has 0 amide bonds. The molecule has 17 heteroatoms. The SMILES string of the molecule is CC(=O)C(=O)O.CC(=O)C(=O)OC(C(F)(F)F)C(F)(F)F.CC(O)C#CCF.CCOC(=O)C(C)=O. The second-order valence-corrected chi connectivity index (χ2v) is 5.69. The zero-order chi connectivity index (χ0) is 29.9. The lowest BCUT2D eigenvalue weighted by Gasteiger charge is -2.22. The molecule has 0 aliphatic rings. The lowest BCUT2D eigenvalue weighted by atomic mass is 10.3. The number of rotatable bonds is 5. The van der Waals surface area contributed by atoms with E-state index in [1.54, 1.807) is 6.92 Å². The summed E-state index contributed by atoms with van der Waals surface area (Å²) in [6.07, 6.45) is -16.6. The zero-order valence-corrected chi connectivity index (χ0v) is 19.4. The van der Waals surface area contributed by atoms with Crippen molar-refractivity contribution >= 4 is 35.3 Å². The number of hydrogen-bond donors (Lipinski definition) is 2. The van der Waals surface area contributed by atoms with Gasteiger partial charge in [-0.1, -0.05) is 11.8 Å². The Kier molecular flexibility index (Phi) is 21.7. The number of aliphatic hydroxyl groups excluding tert-OH is 1. The highest BCUT2D eigenvalue weighted by atomic mass is 19.4. The van der Waals surface area contributed by atoms with E-state index in [2.05, 4.69) is 21.3 Å². The van der Waals surface area contributed by atoms with Crippen molar-refractivity contribution in [2.75, 3.05) is 13.3 Å². The Morgan fingerprint density at radius 2 is 1.19 bits per heavy atom. The molecule has 0 radical (unpaired) electrons. The van der Waals surface area contributed by atoms with Crippen molar-refractivity contribution in [3.63, 3.8) is 0 Å². The Morgan fingerprint density at radius 3 is 1.33 bits per heavy atom. The lowest BCUT2D eigenvalue weighted by Crippen LogP contribution is -2.46. The quantitative estimate of drug-likeness (QED) is 0.226. The maximum Gasteiger partial charge on any atom is 0.434 e. The molecule has 0 bridgehead atoms. The minimum atomic E-state index is -5.80. The molecule has 10 nitrogen and oxygen atoms in total. The Hall–Kier alpha value is -3.55. The van der Waals surface area contributed by atoms with Crippen LogP contribution in [0.3, 0.4) is 0 Å². The highest BCUT2D eigenvalue weighted by Crippen LogP contribution is 2.35. The maximum atomic E-state index is 11.7. The van der Waals surface area contributed by atoms with E-state index < -0.39 is 66.5 Å². The highest BCUT2D eigenvalue weighted by Gasteiger charge is 2.60. The number of carbonyl (C=O) groups is 6. The summed E-state index contributed by atoms with van der Waals surface area (Å²) in [5.41, 5.74) is 0. The van der Waals surface area contributed by atoms with Crippen molar-refractivity contribution in [3.05, 3.63) is 0 Å². The van der Waals surface area contributed by atoms with Gasteiger partial charge >= 0.3 is 30.3 Å². The topological polar surface area (TPSA) is 161 Å². The first-order valence-corrected chi connectivity index (χ1v) is 9.04. The van der Waals surface area contributed by atoms with Gasteiger partial charge in [0.2, 0.25) is 17.3 Å². The number of aliphatic carboxylic acids is 1. The average molecular weight is 544 g/mol. The molecule has 208 valence electrons. The van der Waals surface area contributed by atoms with Crippen molar-refractivity contribution in [2.24, 2.45) is 0 Å². The smallest absolute Gasteiger partial charge is 0.434 e. The fourth-order valence-corrected chi connectivity index (χ4v) is 0.928. The summed E-state index contributed by atoms with van der Waals surface area (Å²) in [4.78, 5) is 59.5. The van der Waals surface area contributed by atoms with Gasteiger partial charge in [0, 0.05) is 20.8 Å². The van der Waals surface area contributed by atoms with E-state index in [0.29, 0.717) is 6.92 Å². The summed E-state index contributed by atoms with van der Waals surface area (Å²) in [7, 11) is 0. The molecule has 0 fully saturated rings.